The molecule has 1 N–H and O–H groups in total. The molecule has 9 heavy (non-hydrogen) atoms. The third-order valence-corrected chi connectivity index (χ3v) is 4.50. The summed E-state index contributed by atoms with van der Waals surface area (Å²) >= 11 is 0. The van der Waals surface area contributed by atoms with Gasteiger partial charge < -0.3 is 0 Å². The van der Waals surface area contributed by atoms with E-state index in [4.69, 9.17) is 0 Å². The van der Waals surface area contributed by atoms with Crippen molar-refractivity contribution in [3.8, 4) is 0 Å². The standard InChI is InChI=1S/C6H19NS2/c1-8(2,3)7-9(4,5)6/h7H,1-6H3. The lowest BCUT2D eigenvalue weighted by atomic mass is 11.9. The number of hydrogen-bond donors (Lipinski definition) is 1. The molecule has 0 heterocycles. The molecule has 0 saturated heterocycles. The summed E-state index contributed by atoms with van der Waals surface area (Å²) < 4.78 is 3.62. The van der Waals surface area contributed by atoms with E-state index in [-0.39, 0.29) is 0 Å². The first-order valence-corrected chi connectivity index (χ1v) is 8.57. The molecule has 0 bridgehead atoms. The van der Waals surface area contributed by atoms with Crippen LogP contribution in [0.3, 0.4) is 0 Å². The first kappa shape index (κ1) is 9.66. The van der Waals surface area contributed by atoms with Gasteiger partial charge in [-0.25, -0.2) is 4.13 Å². The van der Waals surface area contributed by atoms with E-state index in [1.54, 1.807) is 0 Å². The smallest absolute Gasteiger partial charge is 0.0224 e. The lowest BCUT2D eigenvalue weighted by Crippen LogP contribution is -2.20. The van der Waals surface area contributed by atoms with Gasteiger partial charge in [0.1, 0.15) is 0 Å². The summed E-state index contributed by atoms with van der Waals surface area (Å²) in [6, 6.07) is 0. The largest absolute Gasteiger partial charge is 0.245 e. The minimum atomic E-state index is -0.495. The Balaban J connectivity index is 3.75. The Labute approximate surface area is 62.5 Å². The SMILES string of the molecule is CS(C)(C)NS(C)(C)C. The maximum Gasteiger partial charge on any atom is -0.0224 e. The quantitative estimate of drug-likeness (QED) is 0.664. The molecule has 0 aliphatic rings. The molecule has 0 amide bonds. The molecule has 0 radical (unpaired) electrons. The summed E-state index contributed by atoms with van der Waals surface area (Å²) in [4.78, 5) is 0. The zero-order valence-electron chi connectivity index (χ0n) is 7.32. The van der Waals surface area contributed by atoms with Gasteiger partial charge in [0.15, 0.2) is 0 Å². The van der Waals surface area contributed by atoms with Crippen molar-refractivity contribution in [3.63, 3.8) is 0 Å². The zero-order chi connectivity index (χ0) is 7.71. The predicted molar refractivity (Wildman–Crippen MR) is 53.9 cm³/mol. The summed E-state index contributed by atoms with van der Waals surface area (Å²) in [7, 11) is -0.990. The second-order valence-corrected chi connectivity index (χ2v) is 11.8. The molecule has 0 aliphatic carbocycles. The molecular weight excluding hydrogens is 150 g/mol. The van der Waals surface area contributed by atoms with Gasteiger partial charge in [-0.05, 0) is 37.5 Å². The van der Waals surface area contributed by atoms with Crippen LogP contribution in [0.15, 0.2) is 0 Å². The van der Waals surface area contributed by atoms with Gasteiger partial charge >= 0.3 is 0 Å². The van der Waals surface area contributed by atoms with Crippen LogP contribution >= 0.6 is 20.4 Å². The molecule has 0 unspecified atom stereocenters. The highest BCUT2D eigenvalue weighted by molar-refractivity contribution is 8.44. The van der Waals surface area contributed by atoms with Crippen LogP contribution < -0.4 is 4.13 Å². The third-order valence-electron chi connectivity index (χ3n) is 0.500. The molecule has 0 aromatic rings. The van der Waals surface area contributed by atoms with Gasteiger partial charge in [-0.15, -0.1) is 0 Å². The highest BCUT2D eigenvalue weighted by Gasteiger charge is 2.09. The maximum atomic E-state index is 3.62. The number of nitrogens with one attached hydrogen (secondary N) is 1. The average Bonchev–Trinajstić information content (AvgIpc) is 1.14. The van der Waals surface area contributed by atoms with Crippen LogP contribution in [0.5, 0.6) is 0 Å². The van der Waals surface area contributed by atoms with Crippen molar-refractivity contribution < 1.29 is 0 Å². The molecule has 0 saturated carbocycles. The van der Waals surface area contributed by atoms with E-state index in [9.17, 15) is 0 Å². The van der Waals surface area contributed by atoms with Crippen molar-refractivity contribution in [2.75, 3.05) is 37.5 Å². The summed E-state index contributed by atoms with van der Waals surface area (Å²) in [5.41, 5.74) is 0. The van der Waals surface area contributed by atoms with Crippen molar-refractivity contribution in [3.05, 3.63) is 0 Å². The molecule has 0 atom stereocenters. The van der Waals surface area contributed by atoms with E-state index in [0.717, 1.165) is 0 Å². The molecule has 0 fully saturated rings. The topological polar surface area (TPSA) is 12.0 Å². The van der Waals surface area contributed by atoms with Gasteiger partial charge in [0.2, 0.25) is 0 Å². The van der Waals surface area contributed by atoms with Gasteiger partial charge in [-0.3, -0.25) is 0 Å². The van der Waals surface area contributed by atoms with Crippen LogP contribution in [0, 0.1) is 0 Å². The van der Waals surface area contributed by atoms with E-state index in [0.29, 0.717) is 0 Å². The van der Waals surface area contributed by atoms with Gasteiger partial charge in [-0.2, -0.15) is 20.4 Å². The highest BCUT2D eigenvalue weighted by atomic mass is 32.3. The molecule has 0 aliphatic heterocycles. The van der Waals surface area contributed by atoms with Crippen LogP contribution in [0.25, 0.3) is 0 Å². The van der Waals surface area contributed by atoms with E-state index >= 15 is 0 Å². The summed E-state index contributed by atoms with van der Waals surface area (Å²) in [6.45, 7) is 0. The van der Waals surface area contributed by atoms with Crippen molar-refractivity contribution in [1.29, 1.82) is 0 Å². The van der Waals surface area contributed by atoms with Crippen LogP contribution in [0.1, 0.15) is 0 Å². The van der Waals surface area contributed by atoms with Crippen molar-refractivity contribution in [2.45, 2.75) is 0 Å². The van der Waals surface area contributed by atoms with Gasteiger partial charge in [0.25, 0.3) is 0 Å². The van der Waals surface area contributed by atoms with Crippen LogP contribution in [-0.4, -0.2) is 37.5 Å². The Bertz CT molecular complexity index is 76.2. The van der Waals surface area contributed by atoms with Crippen molar-refractivity contribution >= 4 is 20.4 Å². The van der Waals surface area contributed by atoms with Gasteiger partial charge in [0.05, 0.1) is 0 Å². The molecule has 0 spiro atoms. The highest BCUT2D eigenvalue weighted by Crippen LogP contribution is 2.43. The van der Waals surface area contributed by atoms with Crippen molar-refractivity contribution in [1.82, 2.24) is 4.13 Å². The number of rotatable bonds is 2. The Morgan fingerprint density at radius 1 is 0.667 bits per heavy atom. The second kappa shape index (κ2) is 2.72. The van der Waals surface area contributed by atoms with E-state index < -0.39 is 20.4 Å². The molecule has 0 rings (SSSR count). The van der Waals surface area contributed by atoms with E-state index in [2.05, 4.69) is 41.7 Å². The van der Waals surface area contributed by atoms with E-state index in [1.807, 2.05) is 0 Å². The Hall–Kier alpha value is 0.660. The molecule has 60 valence electrons. The molecular formula is C6H19NS2. The lowest BCUT2D eigenvalue weighted by molar-refractivity contribution is 1.59. The van der Waals surface area contributed by atoms with Crippen LogP contribution in [0.2, 0.25) is 0 Å². The summed E-state index contributed by atoms with van der Waals surface area (Å²) in [5, 5.41) is 0. The molecule has 0 aromatic carbocycles. The fourth-order valence-electron chi connectivity index (χ4n) is 0.750. The molecule has 1 nitrogen and oxygen atoms in total. The molecule has 3 heteroatoms. The molecule has 0 aromatic heterocycles. The number of hydrogen-bond acceptors (Lipinski definition) is 1. The Kier molecular flexibility index (Phi) is 2.92. The van der Waals surface area contributed by atoms with Crippen LogP contribution in [-0.2, 0) is 0 Å². The summed E-state index contributed by atoms with van der Waals surface area (Å²) in [5.74, 6) is 0. The Morgan fingerprint density at radius 2 is 0.889 bits per heavy atom. The lowest BCUT2D eigenvalue weighted by Gasteiger charge is -2.39. The predicted octanol–water partition coefficient (Wildman–Crippen LogP) is 1.79. The second-order valence-electron chi connectivity index (χ2n) is 3.76. The van der Waals surface area contributed by atoms with Crippen LogP contribution in [0.4, 0.5) is 0 Å². The fraction of sp³-hybridized carbons (Fsp3) is 1.00. The third kappa shape index (κ3) is 8.66. The average molecular weight is 169 g/mol. The van der Waals surface area contributed by atoms with Gasteiger partial charge in [0, 0.05) is 0 Å². The fourth-order valence-corrected chi connectivity index (χ4v) is 6.75. The Morgan fingerprint density at radius 3 is 0.889 bits per heavy atom. The minimum absolute atomic E-state index is 0.495. The zero-order valence-corrected chi connectivity index (χ0v) is 8.95. The first-order chi connectivity index (χ1) is 3.71. The summed E-state index contributed by atoms with van der Waals surface area (Å²) in [6.07, 6.45) is 13.7. The normalized spacial score (nSPS) is 17.6. The minimum Gasteiger partial charge on any atom is -0.245 e. The maximum absolute atomic E-state index is 3.62. The van der Waals surface area contributed by atoms with Crippen molar-refractivity contribution in [2.24, 2.45) is 0 Å². The monoisotopic (exact) mass is 169 g/mol. The van der Waals surface area contributed by atoms with Gasteiger partial charge in [-0.1, -0.05) is 0 Å². The first-order valence-electron chi connectivity index (χ1n) is 2.86. The van der Waals surface area contributed by atoms with E-state index in [1.165, 1.54) is 0 Å².